The summed E-state index contributed by atoms with van der Waals surface area (Å²) in [4.78, 5) is 11.4. The zero-order valence-electron chi connectivity index (χ0n) is 9.96. The van der Waals surface area contributed by atoms with Crippen molar-refractivity contribution in [1.82, 2.24) is 20.0 Å². The zero-order valence-corrected chi connectivity index (χ0v) is 10.8. The van der Waals surface area contributed by atoms with Crippen molar-refractivity contribution < 1.29 is 4.79 Å². The average molecular weight is 281 g/mol. The Labute approximate surface area is 114 Å². The van der Waals surface area contributed by atoms with Gasteiger partial charge in [0, 0.05) is 17.3 Å². The van der Waals surface area contributed by atoms with Gasteiger partial charge in [0.05, 0.1) is 23.8 Å². The van der Waals surface area contributed by atoms with Crippen LogP contribution in [0.5, 0.6) is 0 Å². The predicted octanol–water partition coefficient (Wildman–Crippen LogP) is 0.392. The topological polar surface area (TPSA) is 116 Å². The number of carbonyl (C=O) groups is 1. The Kier molecular flexibility index (Phi) is 3.41. The molecular formula is C11H13ClN6O. The third kappa shape index (κ3) is 1.92. The van der Waals surface area contributed by atoms with Gasteiger partial charge < -0.3 is 11.5 Å². The number of nitrogens with two attached hydrogens (primary N) is 2. The van der Waals surface area contributed by atoms with Crippen LogP contribution in [-0.4, -0.2) is 32.4 Å². The highest BCUT2D eigenvalue weighted by Crippen LogP contribution is 2.26. The summed E-state index contributed by atoms with van der Waals surface area (Å²) in [6.45, 7) is 0.956. The largest absolute Gasteiger partial charge is 0.364 e. The van der Waals surface area contributed by atoms with Gasteiger partial charge in [-0.2, -0.15) is 10.2 Å². The van der Waals surface area contributed by atoms with Crippen LogP contribution in [0.3, 0.4) is 0 Å². The number of hydrogen-bond donors (Lipinski definition) is 3. The predicted molar refractivity (Wildman–Crippen MR) is 74.2 cm³/mol. The number of rotatable bonds is 3. The van der Waals surface area contributed by atoms with Gasteiger partial charge in [-0.25, -0.2) is 0 Å². The second-order valence-electron chi connectivity index (χ2n) is 4.02. The van der Waals surface area contributed by atoms with E-state index in [9.17, 15) is 4.79 Å². The molecule has 1 amide bonds. The number of fused-ring (bicyclic) bond motifs is 3. The fourth-order valence-electron chi connectivity index (χ4n) is 2.16. The van der Waals surface area contributed by atoms with Crippen LogP contribution in [0.1, 0.15) is 10.5 Å². The third-order valence-electron chi connectivity index (χ3n) is 2.90. The summed E-state index contributed by atoms with van der Waals surface area (Å²) in [6.07, 6.45) is 1.71. The van der Waals surface area contributed by atoms with Crippen LogP contribution in [0.15, 0.2) is 18.3 Å². The van der Waals surface area contributed by atoms with Gasteiger partial charge in [0.15, 0.2) is 5.69 Å². The number of aromatic nitrogens is 4. The standard InChI is InChI=1S/C11H12N6O.ClH/c12-3-4-17-10-6(9(16-17)11(13)18)1-2-8-7(10)5-14-15-8;/h1-2,5H,3-4,12H2,(H2,13,18)(H,14,15);1H. The van der Waals surface area contributed by atoms with Gasteiger partial charge in [0.1, 0.15) is 0 Å². The lowest BCUT2D eigenvalue weighted by Crippen LogP contribution is -2.15. The van der Waals surface area contributed by atoms with Crippen LogP contribution < -0.4 is 11.5 Å². The molecule has 0 saturated carbocycles. The first-order valence-corrected chi connectivity index (χ1v) is 5.55. The van der Waals surface area contributed by atoms with E-state index < -0.39 is 5.91 Å². The number of benzene rings is 1. The fourth-order valence-corrected chi connectivity index (χ4v) is 2.16. The van der Waals surface area contributed by atoms with Crippen molar-refractivity contribution in [2.24, 2.45) is 11.5 Å². The summed E-state index contributed by atoms with van der Waals surface area (Å²) in [5, 5.41) is 12.7. The molecule has 0 fully saturated rings. The monoisotopic (exact) mass is 280 g/mol. The Bertz CT molecular complexity index is 746. The normalized spacial score (nSPS) is 10.8. The molecule has 19 heavy (non-hydrogen) atoms. The SMILES string of the molecule is Cl.NCCn1nc(C(N)=O)c2ccc3[nH]ncc3c21. The first-order chi connectivity index (χ1) is 8.72. The summed E-state index contributed by atoms with van der Waals surface area (Å²) in [5.74, 6) is -0.543. The summed E-state index contributed by atoms with van der Waals surface area (Å²) >= 11 is 0. The highest BCUT2D eigenvalue weighted by molar-refractivity contribution is 6.12. The molecule has 0 spiro atoms. The van der Waals surface area contributed by atoms with E-state index in [1.807, 2.05) is 12.1 Å². The maximum Gasteiger partial charge on any atom is 0.269 e. The van der Waals surface area contributed by atoms with Crippen molar-refractivity contribution in [3.8, 4) is 0 Å². The van der Waals surface area contributed by atoms with Gasteiger partial charge in [-0.1, -0.05) is 0 Å². The quantitative estimate of drug-likeness (QED) is 0.643. The van der Waals surface area contributed by atoms with E-state index in [0.717, 1.165) is 21.8 Å². The van der Waals surface area contributed by atoms with Crippen molar-refractivity contribution in [1.29, 1.82) is 0 Å². The molecule has 3 aromatic rings. The maximum absolute atomic E-state index is 11.4. The first kappa shape index (κ1) is 13.3. The smallest absolute Gasteiger partial charge is 0.269 e. The third-order valence-corrected chi connectivity index (χ3v) is 2.90. The molecule has 0 unspecified atom stereocenters. The van der Waals surface area contributed by atoms with Crippen molar-refractivity contribution in [3.05, 3.63) is 24.0 Å². The highest BCUT2D eigenvalue weighted by atomic mass is 35.5. The molecule has 1 aromatic carbocycles. The number of primary amides is 1. The van der Waals surface area contributed by atoms with E-state index in [2.05, 4.69) is 15.3 Å². The summed E-state index contributed by atoms with van der Waals surface area (Å²) in [5.41, 5.74) is 12.9. The minimum atomic E-state index is -0.543. The van der Waals surface area contributed by atoms with Crippen LogP contribution in [0, 0.1) is 0 Å². The molecular weight excluding hydrogens is 268 g/mol. The number of amides is 1. The van der Waals surface area contributed by atoms with Gasteiger partial charge >= 0.3 is 0 Å². The van der Waals surface area contributed by atoms with E-state index in [0.29, 0.717) is 13.1 Å². The molecule has 3 rings (SSSR count). The number of carbonyl (C=O) groups excluding carboxylic acids is 1. The second kappa shape index (κ2) is 4.87. The average Bonchev–Trinajstić information content (AvgIpc) is 2.92. The Morgan fingerprint density at radius 2 is 2.16 bits per heavy atom. The van der Waals surface area contributed by atoms with Gasteiger partial charge in [-0.15, -0.1) is 12.4 Å². The van der Waals surface area contributed by atoms with E-state index in [1.165, 1.54) is 0 Å². The van der Waals surface area contributed by atoms with E-state index in [4.69, 9.17) is 11.5 Å². The molecule has 0 bridgehead atoms. The Hall–Kier alpha value is -2.12. The molecule has 0 aliphatic heterocycles. The molecule has 8 heteroatoms. The van der Waals surface area contributed by atoms with E-state index in [-0.39, 0.29) is 18.1 Å². The first-order valence-electron chi connectivity index (χ1n) is 5.55. The van der Waals surface area contributed by atoms with Crippen molar-refractivity contribution in [2.45, 2.75) is 6.54 Å². The van der Waals surface area contributed by atoms with Crippen LogP contribution in [0.4, 0.5) is 0 Å². The lowest BCUT2D eigenvalue weighted by Gasteiger charge is -2.00. The molecule has 2 heterocycles. The zero-order chi connectivity index (χ0) is 12.7. The molecule has 0 atom stereocenters. The number of nitrogens with zero attached hydrogens (tertiary/aromatic N) is 3. The minimum absolute atomic E-state index is 0. The van der Waals surface area contributed by atoms with Gasteiger partial charge in [-0.3, -0.25) is 14.6 Å². The minimum Gasteiger partial charge on any atom is -0.364 e. The summed E-state index contributed by atoms with van der Waals surface area (Å²) in [6, 6.07) is 3.67. The van der Waals surface area contributed by atoms with Crippen LogP contribution in [0.2, 0.25) is 0 Å². The van der Waals surface area contributed by atoms with E-state index in [1.54, 1.807) is 10.9 Å². The number of halogens is 1. The molecule has 2 aromatic heterocycles. The lowest BCUT2D eigenvalue weighted by molar-refractivity contribution is 0.0996. The van der Waals surface area contributed by atoms with Gasteiger partial charge in [-0.05, 0) is 12.1 Å². The Balaban J connectivity index is 0.00000133. The molecule has 0 aliphatic carbocycles. The maximum atomic E-state index is 11.4. The number of nitrogens with one attached hydrogen (secondary N) is 1. The summed E-state index contributed by atoms with van der Waals surface area (Å²) in [7, 11) is 0. The van der Waals surface area contributed by atoms with Gasteiger partial charge in [0.25, 0.3) is 5.91 Å². The van der Waals surface area contributed by atoms with Crippen molar-refractivity contribution in [2.75, 3.05) is 6.54 Å². The van der Waals surface area contributed by atoms with E-state index >= 15 is 0 Å². The molecule has 0 aliphatic rings. The number of hydrogen-bond acceptors (Lipinski definition) is 4. The molecule has 100 valence electrons. The molecule has 5 N–H and O–H groups in total. The Morgan fingerprint density at radius 1 is 1.37 bits per heavy atom. The number of aromatic amines is 1. The summed E-state index contributed by atoms with van der Waals surface area (Å²) < 4.78 is 1.70. The number of H-pyrrole nitrogens is 1. The van der Waals surface area contributed by atoms with Crippen molar-refractivity contribution >= 4 is 40.1 Å². The molecule has 7 nitrogen and oxygen atoms in total. The lowest BCUT2D eigenvalue weighted by atomic mass is 10.1. The fraction of sp³-hybridized carbons (Fsp3) is 0.182. The van der Waals surface area contributed by atoms with Crippen LogP contribution in [0.25, 0.3) is 21.8 Å². The second-order valence-corrected chi connectivity index (χ2v) is 4.02. The van der Waals surface area contributed by atoms with Crippen molar-refractivity contribution in [3.63, 3.8) is 0 Å². The van der Waals surface area contributed by atoms with Gasteiger partial charge in [0.2, 0.25) is 0 Å². The van der Waals surface area contributed by atoms with Crippen LogP contribution in [-0.2, 0) is 6.54 Å². The Morgan fingerprint density at radius 3 is 2.84 bits per heavy atom. The molecule has 0 radical (unpaired) electrons. The molecule has 0 saturated heterocycles. The van der Waals surface area contributed by atoms with Crippen LogP contribution >= 0.6 is 12.4 Å². The highest BCUT2D eigenvalue weighted by Gasteiger charge is 2.17.